The van der Waals surface area contributed by atoms with E-state index in [9.17, 15) is 4.79 Å². The maximum atomic E-state index is 12.7. The molecular weight excluding hydrogens is 402 g/mol. The summed E-state index contributed by atoms with van der Waals surface area (Å²) < 4.78 is 3.00. The number of aromatic nitrogens is 3. The highest BCUT2D eigenvalue weighted by Gasteiger charge is 2.26. The van der Waals surface area contributed by atoms with Gasteiger partial charge in [-0.3, -0.25) is 0 Å². The molecule has 2 heterocycles. The Bertz CT molecular complexity index is 960. The molecule has 6 nitrogen and oxygen atoms in total. The van der Waals surface area contributed by atoms with Gasteiger partial charge in [-0.2, -0.15) is 0 Å². The molecule has 0 aliphatic heterocycles. The fourth-order valence-electron chi connectivity index (χ4n) is 2.78. The van der Waals surface area contributed by atoms with Gasteiger partial charge in [0.2, 0.25) is 0 Å². The number of rotatable bonds is 6. The minimum Gasteiger partial charge on any atom is -0.335 e. The fourth-order valence-corrected chi connectivity index (χ4v) is 4.69. The van der Waals surface area contributed by atoms with Gasteiger partial charge in [0.25, 0.3) is 0 Å². The van der Waals surface area contributed by atoms with Crippen LogP contribution in [-0.4, -0.2) is 26.6 Å². The number of carbonyl (C=O) groups is 1. The molecule has 0 aliphatic carbocycles. The van der Waals surface area contributed by atoms with Gasteiger partial charge in [-0.25, -0.2) is 14.8 Å². The van der Waals surface area contributed by atoms with Crippen LogP contribution in [0.2, 0.25) is 0 Å². The average Bonchev–Trinajstić information content (AvgIpc) is 3.28. The lowest BCUT2D eigenvalue weighted by Gasteiger charge is -2.31. The number of aryl methyl sites for hydroxylation is 2. The monoisotopic (exact) mass is 429 g/mol. The summed E-state index contributed by atoms with van der Waals surface area (Å²) in [7, 11) is 0. The molecule has 0 spiro atoms. The van der Waals surface area contributed by atoms with Crippen LogP contribution >= 0.6 is 23.1 Å². The molecule has 3 aromatic rings. The first-order chi connectivity index (χ1) is 13.7. The number of nitrogens with one attached hydrogen (secondary N) is 2. The van der Waals surface area contributed by atoms with E-state index in [-0.39, 0.29) is 17.5 Å². The Balaban J connectivity index is 1.64. The van der Waals surface area contributed by atoms with Gasteiger partial charge in [-0.1, -0.05) is 32.5 Å². The van der Waals surface area contributed by atoms with E-state index < -0.39 is 0 Å². The van der Waals surface area contributed by atoms with Crippen molar-refractivity contribution < 1.29 is 4.79 Å². The molecule has 0 bridgehead atoms. The number of nitrogens with zero attached hydrogens (tertiary/aromatic N) is 3. The first-order valence-electron chi connectivity index (χ1n) is 9.44. The fraction of sp³-hybridized carbons (Fsp3) is 0.381. The standard InChI is InChI=1S/C21H27N5OS2/c1-14-10-16(29-20-23-15(2)12-28-20)6-7-17(14)24-19(27)25-18(21(3,4)5)11-26-9-8-22-13-26/h6-10,12-13,18H,11H2,1-5H3,(H2,24,25,27)/t18-/m1/s1. The van der Waals surface area contributed by atoms with Gasteiger partial charge in [0.15, 0.2) is 4.34 Å². The third-order valence-electron chi connectivity index (χ3n) is 4.55. The number of anilines is 1. The SMILES string of the molecule is Cc1csc(Sc2ccc(NC(=O)N[C@H](Cn3ccnc3)C(C)(C)C)c(C)c2)n1. The van der Waals surface area contributed by atoms with E-state index in [0.717, 1.165) is 26.2 Å². The van der Waals surface area contributed by atoms with Crippen molar-refractivity contribution in [1.29, 1.82) is 0 Å². The lowest BCUT2D eigenvalue weighted by atomic mass is 9.86. The van der Waals surface area contributed by atoms with Gasteiger partial charge in [-0.05, 0) is 43.0 Å². The Morgan fingerprint density at radius 3 is 2.69 bits per heavy atom. The van der Waals surface area contributed by atoms with Crippen molar-refractivity contribution in [2.75, 3.05) is 5.32 Å². The van der Waals surface area contributed by atoms with Crippen LogP contribution in [0, 0.1) is 19.3 Å². The predicted octanol–water partition coefficient (Wildman–Crippen LogP) is 5.34. The minimum atomic E-state index is -0.205. The topological polar surface area (TPSA) is 71.8 Å². The van der Waals surface area contributed by atoms with Crippen LogP contribution in [-0.2, 0) is 6.54 Å². The molecule has 0 fully saturated rings. The number of benzene rings is 1. The van der Waals surface area contributed by atoms with Crippen molar-refractivity contribution in [2.24, 2.45) is 5.41 Å². The van der Waals surface area contributed by atoms with Crippen molar-refractivity contribution in [1.82, 2.24) is 19.9 Å². The summed E-state index contributed by atoms with van der Waals surface area (Å²) in [6.07, 6.45) is 5.42. The van der Waals surface area contributed by atoms with Crippen LogP contribution in [0.3, 0.4) is 0 Å². The summed E-state index contributed by atoms with van der Waals surface area (Å²) in [5.41, 5.74) is 2.76. The van der Waals surface area contributed by atoms with Crippen LogP contribution in [0.4, 0.5) is 10.5 Å². The van der Waals surface area contributed by atoms with Crippen LogP contribution in [0.15, 0.2) is 51.5 Å². The maximum Gasteiger partial charge on any atom is 0.319 e. The normalized spacial score (nSPS) is 12.6. The summed E-state index contributed by atoms with van der Waals surface area (Å²) in [4.78, 5) is 22.3. The van der Waals surface area contributed by atoms with E-state index in [2.05, 4.69) is 47.4 Å². The second-order valence-corrected chi connectivity index (χ2v) is 10.3. The molecule has 154 valence electrons. The van der Waals surface area contributed by atoms with Crippen molar-refractivity contribution in [3.63, 3.8) is 0 Å². The van der Waals surface area contributed by atoms with Crippen molar-refractivity contribution in [3.05, 3.63) is 53.6 Å². The van der Waals surface area contributed by atoms with Crippen molar-refractivity contribution >= 4 is 34.8 Å². The Hall–Kier alpha value is -2.32. The molecule has 0 unspecified atom stereocenters. The molecule has 0 saturated heterocycles. The number of hydrogen-bond donors (Lipinski definition) is 2. The number of amides is 2. The molecule has 1 aromatic carbocycles. The van der Waals surface area contributed by atoms with Gasteiger partial charge in [0.05, 0.1) is 12.4 Å². The predicted molar refractivity (Wildman–Crippen MR) is 120 cm³/mol. The quantitative estimate of drug-likeness (QED) is 0.554. The first kappa shape index (κ1) is 21.4. The molecule has 2 aromatic heterocycles. The van der Waals surface area contributed by atoms with Gasteiger partial charge >= 0.3 is 6.03 Å². The zero-order valence-electron chi connectivity index (χ0n) is 17.4. The highest BCUT2D eigenvalue weighted by Crippen LogP contribution is 2.32. The largest absolute Gasteiger partial charge is 0.335 e. The van der Waals surface area contributed by atoms with E-state index in [1.165, 1.54) is 0 Å². The summed E-state index contributed by atoms with van der Waals surface area (Å²) >= 11 is 3.28. The van der Waals surface area contributed by atoms with Crippen LogP contribution in [0.25, 0.3) is 0 Å². The van der Waals surface area contributed by atoms with Gasteiger partial charge in [0.1, 0.15) is 0 Å². The highest BCUT2D eigenvalue weighted by molar-refractivity contribution is 8.01. The number of imidazole rings is 1. The lowest BCUT2D eigenvalue weighted by Crippen LogP contribution is -2.47. The third-order valence-corrected chi connectivity index (χ3v) is 6.60. The number of urea groups is 1. The van der Waals surface area contributed by atoms with Gasteiger partial charge in [-0.15, -0.1) is 11.3 Å². The summed E-state index contributed by atoms with van der Waals surface area (Å²) in [5, 5.41) is 8.15. The van der Waals surface area contributed by atoms with E-state index in [0.29, 0.717) is 6.54 Å². The lowest BCUT2D eigenvalue weighted by molar-refractivity contribution is 0.218. The zero-order chi connectivity index (χ0) is 21.0. The Morgan fingerprint density at radius 1 is 1.31 bits per heavy atom. The number of carbonyl (C=O) groups excluding carboxylic acids is 1. The molecule has 1 atom stereocenters. The van der Waals surface area contributed by atoms with Gasteiger partial charge < -0.3 is 15.2 Å². The van der Waals surface area contributed by atoms with E-state index in [4.69, 9.17) is 0 Å². The van der Waals surface area contributed by atoms with Crippen molar-refractivity contribution in [2.45, 2.75) is 56.4 Å². The number of thiazole rings is 1. The summed E-state index contributed by atoms with van der Waals surface area (Å²) in [6.45, 7) is 11.0. The second kappa shape index (κ2) is 9.00. The molecule has 0 aliphatic rings. The van der Waals surface area contributed by atoms with Crippen molar-refractivity contribution in [3.8, 4) is 0 Å². The van der Waals surface area contributed by atoms with Crippen LogP contribution in [0.5, 0.6) is 0 Å². The molecular formula is C21H27N5OS2. The van der Waals surface area contributed by atoms with E-state index in [1.807, 2.05) is 42.1 Å². The molecule has 8 heteroatoms. The van der Waals surface area contributed by atoms with E-state index >= 15 is 0 Å². The molecule has 2 amide bonds. The molecule has 0 radical (unpaired) electrons. The zero-order valence-corrected chi connectivity index (χ0v) is 19.0. The molecule has 29 heavy (non-hydrogen) atoms. The maximum absolute atomic E-state index is 12.7. The average molecular weight is 430 g/mol. The Kier molecular flexibility index (Phi) is 6.64. The van der Waals surface area contributed by atoms with Crippen LogP contribution < -0.4 is 10.6 Å². The van der Waals surface area contributed by atoms with E-state index in [1.54, 1.807) is 35.6 Å². The highest BCUT2D eigenvalue weighted by atomic mass is 32.2. The summed E-state index contributed by atoms with van der Waals surface area (Å²) in [5.74, 6) is 0. The second-order valence-electron chi connectivity index (χ2n) is 8.11. The van der Waals surface area contributed by atoms with Gasteiger partial charge in [0, 0.05) is 40.6 Å². The smallest absolute Gasteiger partial charge is 0.319 e. The Labute approximate surface area is 180 Å². The first-order valence-corrected chi connectivity index (χ1v) is 11.1. The minimum absolute atomic E-state index is 0.0417. The molecule has 0 saturated carbocycles. The van der Waals surface area contributed by atoms with Crippen LogP contribution in [0.1, 0.15) is 32.0 Å². The number of hydrogen-bond acceptors (Lipinski definition) is 5. The molecule has 2 N–H and O–H groups in total. The Morgan fingerprint density at radius 2 is 2.10 bits per heavy atom. The third kappa shape index (κ3) is 6.08. The summed E-state index contributed by atoms with van der Waals surface area (Å²) in [6, 6.07) is 5.78. The molecule has 3 rings (SSSR count).